The van der Waals surface area contributed by atoms with Crippen molar-refractivity contribution in [2.75, 3.05) is 13.7 Å². The third-order valence-electron chi connectivity index (χ3n) is 5.58. The van der Waals surface area contributed by atoms with Gasteiger partial charge < -0.3 is 34.1 Å². The van der Waals surface area contributed by atoms with Crippen LogP contribution in [0.4, 0.5) is 4.79 Å². The summed E-state index contributed by atoms with van der Waals surface area (Å²) < 4.78 is 28.7. The summed E-state index contributed by atoms with van der Waals surface area (Å²) in [4.78, 5) is 28.3. The molecule has 12 heteroatoms. The molecule has 2 N–H and O–H groups in total. The normalized spacial score (nSPS) is 35.1. The van der Waals surface area contributed by atoms with E-state index in [-0.39, 0.29) is 19.4 Å². The van der Waals surface area contributed by atoms with Gasteiger partial charge in [0.2, 0.25) is 0 Å². The summed E-state index contributed by atoms with van der Waals surface area (Å²) in [6, 6.07) is -1.08. The monoisotopic (exact) mass is 484 g/mol. The number of rotatable bonds is 7. The maximum atomic E-state index is 12.9. The number of ether oxygens (including phenoxy) is 5. The van der Waals surface area contributed by atoms with E-state index in [1.54, 1.807) is 34.6 Å². The largest absolute Gasteiger partial charge is 0.467 e. The molecule has 1 amide bonds. The summed E-state index contributed by atoms with van der Waals surface area (Å²) in [6.45, 7) is 13.5. The van der Waals surface area contributed by atoms with E-state index in [2.05, 4.69) is 21.9 Å². The first-order valence-corrected chi connectivity index (χ1v) is 11.1. The lowest BCUT2D eigenvalue weighted by Crippen LogP contribution is -2.71. The summed E-state index contributed by atoms with van der Waals surface area (Å²) in [7, 11) is 1.22. The van der Waals surface area contributed by atoms with Crippen molar-refractivity contribution in [2.24, 2.45) is 5.11 Å². The molecule has 0 bridgehead atoms. The number of aliphatic hydroxyl groups is 1. The Balaban J connectivity index is 2.56. The van der Waals surface area contributed by atoms with Gasteiger partial charge in [-0.25, -0.2) is 9.59 Å². The lowest BCUT2D eigenvalue weighted by atomic mass is 9.74. The van der Waals surface area contributed by atoms with Crippen molar-refractivity contribution in [2.45, 2.75) is 101 Å². The molecule has 2 aliphatic heterocycles. The van der Waals surface area contributed by atoms with Gasteiger partial charge in [-0.1, -0.05) is 11.2 Å². The first kappa shape index (κ1) is 27.9. The van der Waals surface area contributed by atoms with Crippen LogP contribution in [-0.2, 0) is 28.5 Å². The van der Waals surface area contributed by atoms with Gasteiger partial charge >= 0.3 is 12.1 Å². The van der Waals surface area contributed by atoms with Crippen LogP contribution in [0, 0.1) is 0 Å². The SMILES string of the molecule is C=CC[C@]1(C(=O)OC)CC(C)(O)[C@@H](NC(=O)OC(C)(C)C)[C@H]([C@@H]2OC(C)(C)O[C@@H]2CN=[N+]=[N-])O1. The fourth-order valence-corrected chi connectivity index (χ4v) is 4.48. The molecule has 12 nitrogen and oxygen atoms in total. The molecule has 0 aromatic rings. The van der Waals surface area contributed by atoms with Crippen molar-refractivity contribution in [3.63, 3.8) is 0 Å². The Morgan fingerprint density at radius 2 is 1.91 bits per heavy atom. The van der Waals surface area contributed by atoms with Crippen molar-refractivity contribution in [3.05, 3.63) is 23.1 Å². The van der Waals surface area contributed by atoms with Gasteiger partial charge in [-0.2, -0.15) is 0 Å². The predicted octanol–water partition coefficient (Wildman–Crippen LogP) is 2.74. The highest BCUT2D eigenvalue weighted by molar-refractivity contribution is 5.80. The summed E-state index contributed by atoms with van der Waals surface area (Å²) in [5, 5.41) is 17.8. The highest BCUT2D eigenvalue weighted by Crippen LogP contribution is 2.44. The van der Waals surface area contributed by atoms with Crippen LogP contribution >= 0.6 is 0 Å². The van der Waals surface area contributed by atoms with Crippen LogP contribution in [0.3, 0.4) is 0 Å². The summed E-state index contributed by atoms with van der Waals surface area (Å²) >= 11 is 0. The van der Waals surface area contributed by atoms with E-state index in [0.29, 0.717) is 0 Å². The Morgan fingerprint density at radius 1 is 1.26 bits per heavy atom. The number of nitrogens with one attached hydrogen (secondary N) is 1. The van der Waals surface area contributed by atoms with Gasteiger partial charge in [0.05, 0.1) is 31.4 Å². The molecule has 2 aliphatic rings. The molecule has 0 aromatic carbocycles. The number of hydrogen-bond acceptors (Lipinski definition) is 9. The van der Waals surface area contributed by atoms with Crippen molar-refractivity contribution < 1.29 is 38.4 Å². The molecule has 2 saturated heterocycles. The van der Waals surface area contributed by atoms with Crippen LogP contribution in [0.15, 0.2) is 17.8 Å². The van der Waals surface area contributed by atoms with E-state index < -0.39 is 59.0 Å². The summed E-state index contributed by atoms with van der Waals surface area (Å²) in [6.07, 6.45) is -2.30. The highest BCUT2D eigenvalue weighted by atomic mass is 16.8. The van der Waals surface area contributed by atoms with Gasteiger partial charge in [-0.3, -0.25) is 0 Å². The number of nitrogens with zero attached hydrogens (tertiary/aromatic N) is 3. The molecule has 0 spiro atoms. The maximum absolute atomic E-state index is 12.9. The molecule has 192 valence electrons. The minimum absolute atomic E-state index is 0.0312. The van der Waals surface area contributed by atoms with E-state index >= 15 is 0 Å². The standard InChI is InChI=1S/C22H36N4O8/c1-9-10-22(17(27)30-8)12-21(7,29)16(25-18(28)34-19(2,3)4)15(33-22)14-13(11-24-26-23)31-20(5,6)32-14/h9,13-16,29H,1,10-12H2,2-8H3,(H,25,28)/t13-,14-,15+,16+,21?,22-/m1/s1. The lowest BCUT2D eigenvalue weighted by Gasteiger charge is -2.51. The van der Waals surface area contributed by atoms with Crippen molar-refractivity contribution in [1.82, 2.24) is 5.32 Å². The molecule has 34 heavy (non-hydrogen) atoms. The maximum Gasteiger partial charge on any atom is 0.408 e. The smallest absolute Gasteiger partial charge is 0.408 e. The topological polar surface area (TPSA) is 161 Å². The van der Waals surface area contributed by atoms with Crippen LogP contribution in [0.25, 0.3) is 10.4 Å². The van der Waals surface area contributed by atoms with Crippen molar-refractivity contribution in [3.8, 4) is 0 Å². The molecule has 2 fully saturated rings. The van der Waals surface area contributed by atoms with E-state index in [0.717, 1.165) is 0 Å². The van der Waals surface area contributed by atoms with Gasteiger partial charge in [0.15, 0.2) is 11.4 Å². The predicted molar refractivity (Wildman–Crippen MR) is 121 cm³/mol. The zero-order valence-electron chi connectivity index (χ0n) is 20.9. The molecule has 0 radical (unpaired) electrons. The summed E-state index contributed by atoms with van der Waals surface area (Å²) in [5.41, 5.74) is 4.75. The molecule has 0 aromatic heterocycles. The third kappa shape index (κ3) is 6.39. The first-order chi connectivity index (χ1) is 15.6. The van der Waals surface area contributed by atoms with Gasteiger partial charge in [-0.15, -0.1) is 6.58 Å². The molecule has 1 unspecified atom stereocenters. The Morgan fingerprint density at radius 3 is 2.44 bits per heavy atom. The summed E-state index contributed by atoms with van der Waals surface area (Å²) in [5.74, 6) is -1.80. The average molecular weight is 485 g/mol. The zero-order valence-corrected chi connectivity index (χ0v) is 20.9. The lowest BCUT2D eigenvalue weighted by molar-refractivity contribution is -0.246. The van der Waals surface area contributed by atoms with E-state index in [9.17, 15) is 14.7 Å². The molecular weight excluding hydrogens is 448 g/mol. The van der Waals surface area contributed by atoms with Crippen molar-refractivity contribution >= 4 is 12.1 Å². The second-order valence-electron chi connectivity index (χ2n) is 10.3. The molecule has 6 atom stereocenters. The Bertz CT molecular complexity index is 833. The van der Waals surface area contributed by atoms with Gasteiger partial charge in [-0.05, 0) is 47.1 Å². The minimum Gasteiger partial charge on any atom is -0.467 e. The van der Waals surface area contributed by atoms with Crippen LogP contribution in [-0.4, -0.2) is 77.8 Å². The highest BCUT2D eigenvalue weighted by Gasteiger charge is 2.61. The number of methoxy groups -OCH3 is 1. The second kappa shape index (κ2) is 10.1. The number of amides is 1. The molecule has 0 aliphatic carbocycles. The van der Waals surface area contributed by atoms with Gasteiger partial charge in [0.1, 0.15) is 17.8 Å². The van der Waals surface area contributed by atoms with Crippen LogP contribution < -0.4 is 5.32 Å². The van der Waals surface area contributed by atoms with E-state index in [1.165, 1.54) is 20.1 Å². The number of carbonyl (C=O) groups excluding carboxylic acids is 2. The number of alkyl carbamates (subject to hydrolysis) is 1. The fourth-order valence-electron chi connectivity index (χ4n) is 4.48. The second-order valence-corrected chi connectivity index (χ2v) is 10.3. The third-order valence-corrected chi connectivity index (χ3v) is 5.58. The van der Waals surface area contributed by atoms with Crippen molar-refractivity contribution in [1.29, 1.82) is 0 Å². The Labute approximate surface area is 199 Å². The van der Waals surface area contributed by atoms with E-state index in [4.69, 9.17) is 29.2 Å². The molecular formula is C22H36N4O8. The number of esters is 1. The molecule has 2 rings (SSSR count). The molecule has 0 saturated carbocycles. The Hall–Kier alpha value is -2.37. The molecule has 2 heterocycles. The van der Waals surface area contributed by atoms with Gasteiger partial charge in [0.25, 0.3) is 0 Å². The van der Waals surface area contributed by atoms with Crippen LogP contribution in [0.1, 0.15) is 54.4 Å². The van der Waals surface area contributed by atoms with Crippen LogP contribution in [0.2, 0.25) is 0 Å². The number of carbonyl (C=O) groups is 2. The minimum atomic E-state index is -1.67. The number of azide groups is 1. The average Bonchev–Trinajstić information content (AvgIpc) is 3.00. The first-order valence-electron chi connectivity index (χ1n) is 11.1. The van der Waals surface area contributed by atoms with Gasteiger partial charge in [0, 0.05) is 17.8 Å². The zero-order chi connectivity index (χ0) is 25.9. The Kier molecular flexibility index (Phi) is 8.27. The van der Waals surface area contributed by atoms with E-state index in [1.807, 2.05) is 0 Å². The van der Waals surface area contributed by atoms with Crippen LogP contribution in [0.5, 0.6) is 0 Å². The fraction of sp³-hybridized carbons (Fsp3) is 0.818. The quantitative estimate of drug-likeness (QED) is 0.183. The number of hydrogen-bond donors (Lipinski definition) is 2.